The van der Waals surface area contributed by atoms with Crippen LogP contribution in [0.2, 0.25) is 0 Å². The molecule has 0 aliphatic carbocycles. The van der Waals surface area contributed by atoms with Crippen LogP contribution in [0, 0.1) is 13.8 Å². The Hall–Kier alpha value is -3.72. The Balaban J connectivity index is 1.92. The summed E-state index contributed by atoms with van der Waals surface area (Å²) >= 11 is 0. The molecule has 0 fully saturated rings. The lowest BCUT2D eigenvalue weighted by Gasteiger charge is -2.17. The van der Waals surface area contributed by atoms with Gasteiger partial charge in [-0.15, -0.1) is 0 Å². The molecule has 3 nitrogen and oxygen atoms in total. The molecule has 0 aliphatic heterocycles. The van der Waals surface area contributed by atoms with Crippen LogP contribution in [-0.2, 0) is 0 Å². The molecule has 5 rings (SSSR count). The van der Waals surface area contributed by atoms with E-state index >= 15 is 0 Å². The molecule has 0 atom stereocenters. The third kappa shape index (κ3) is 2.83. The fourth-order valence-electron chi connectivity index (χ4n) is 4.27. The number of nitrogens with zero attached hydrogens (tertiary/aromatic N) is 1. The maximum Gasteiger partial charge on any atom is 0.336 e. The average molecular weight is 377 g/mol. The molecule has 0 bridgehead atoms. The van der Waals surface area contributed by atoms with Crippen molar-refractivity contribution < 1.29 is 4.42 Å². The van der Waals surface area contributed by atoms with Crippen LogP contribution in [-0.4, -0.2) is 4.98 Å². The Morgan fingerprint density at radius 3 is 2.41 bits per heavy atom. The van der Waals surface area contributed by atoms with Gasteiger partial charge in [-0.05, 0) is 47.6 Å². The number of pyridine rings is 1. The van der Waals surface area contributed by atoms with Crippen molar-refractivity contribution in [3.63, 3.8) is 0 Å². The van der Waals surface area contributed by atoms with Gasteiger partial charge in [0.15, 0.2) is 0 Å². The van der Waals surface area contributed by atoms with Crippen LogP contribution in [0.15, 0.2) is 88.3 Å². The van der Waals surface area contributed by atoms with Gasteiger partial charge in [0.1, 0.15) is 5.58 Å². The van der Waals surface area contributed by atoms with Crippen LogP contribution >= 0.6 is 0 Å². The molecule has 2 aromatic heterocycles. The van der Waals surface area contributed by atoms with Crippen LogP contribution in [0.5, 0.6) is 0 Å². The zero-order valence-electron chi connectivity index (χ0n) is 16.3. The van der Waals surface area contributed by atoms with Crippen molar-refractivity contribution in [1.29, 1.82) is 0 Å². The second kappa shape index (κ2) is 6.71. The largest absolute Gasteiger partial charge is 0.423 e. The summed E-state index contributed by atoms with van der Waals surface area (Å²) in [7, 11) is 0. The first-order chi connectivity index (χ1) is 14.1. The maximum atomic E-state index is 12.3. The second-order valence-electron chi connectivity index (χ2n) is 7.32. The highest BCUT2D eigenvalue weighted by molar-refractivity contribution is 6.04. The Morgan fingerprint density at radius 2 is 1.59 bits per heavy atom. The molecule has 0 unspecified atom stereocenters. The van der Waals surface area contributed by atoms with Crippen LogP contribution in [0.1, 0.15) is 11.1 Å². The molecule has 0 aliphatic rings. The molecule has 0 saturated carbocycles. The molecule has 3 heteroatoms. The van der Waals surface area contributed by atoms with Crippen molar-refractivity contribution in [2.45, 2.75) is 13.8 Å². The van der Waals surface area contributed by atoms with E-state index in [-0.39, 0.29) is 5.63 Å². The van der Waals surface area contributed by atoms with Crippen LogP contribution in [0.3, 0.4) is 0 Å². The van der Waals surface area contributed by atoms with Gasteiger partial charge in [-0.2, -0.15) is 0 Å². The summed E-state index contributed by atoms with van der Waals surface area (Å²) in [5, 5.41) is 3.22. The fourth-order valence-corrected chi connectivity index (χ4v) is 4.27. The summed E-state index contributed by atoms with van der Waals surface area (Å²) in [6.07, 6.45) is 3.81. The molecule has 0 spiro atoms. The predicted molar refractivity (Wildman–Crippen MR) is 118 cm³/mol. The summed E-state index contributed by atoms with van der Waals surface area (Å²) in [6, 6.07) is 21.8. The Bertz CT molecular complexity index is 1430. The van der Waals surface area contributed by atoms with Crippen molar-refractivity contribution in [3.05, 3.63) is 101 Å². The standard InChI is InChI=1S/C26H19NO2/c1-16-12-23-26(21(13-24(28)29-23)18-8-4-3-5-9-18)17(2)25(16)22-15-27-14-19-10-6-7-11-20(19)22/h3-15H,1-2H3. The van der Waals surface area contributed by atoms with Crippen LogP contribution in [0.25, 0.3) is 44.0 Å². The molecule has 29 heavy (non-hydrogen) atoms. The fraction of sp³-hybridized carbons (Fsp3) is 0.0769. The van der Waals surface area contributed by atoms with Gasteiger partial charge in [0, 0.05) is 40.4 Å². The Labute approximate surface area is 168 Å². The van der Waals surface area contributed by atoms with Crippen molar-refractivity contribution in [2.75, 3.05) is 0 Å². The lowest BCUT2D eigenvalue weighted by atomic mass is 9.88. The topological polar surface area (TPSA) is 43.1 Å². The van der Waals surface area contributed by atoms with Gasteiger partial charge in [0.05, 0.1) is 0 Å². The van der Waals surface area contributed by atoms with E-state index in [0.717, 1.165) is 49.5 Å². The molecular weight excluding hydrogens is 358 g/mol. The number of aromatic nitrogens is 1. The van der Waals surface area contributed by atoms with Crippen LogP contribution in [0.4, 0.5) is 0 Å². The average Bonchev–Trinajstić information content (AvgIpc) is 2.73. The molecule has 3 aromatic carbocycles. The lowest BCUT2D eigenvalue weighted by molar-refractivity contribution is 0.561. The van der Waals surface area contributed by atoms with E-state index in [2.05, 4.69) is 31.0 Å². The highest BCUT2D eigenvalue weighted by Gasteiger charge is 2.17. The smallest absolute Gasteiger partial charge is 0.336 e. The quantitative estimate of drug-likeness (QED) is 0.339. The normalized spacial score (nSPS) is 11.2. The van der Waals surface area contributed by atoms with Gasteiger partial charge < -0.3 is 4.42 Å². The number of hydrogen-bond acceptors (Lipinski definition) is 3. The first-order valence-corrected chi connectivity index (χ1v) is 9.60. The van der Waals surface area contributed by atoms with Crippen molar-refractivity contribution in [1.82, 2.24) is 4.98 Å². The SMILES string of the molecule is Cc1cc2oc(=O)cc(-c3ccccc3)c2c(C)c1-c1cncc2ccccc12. The summed E-state index contributed by atoms with van der Waals surface area (Å²) in [6.45, 7) is 4.15. The predicted octanol–water partition coefficient (Wildman–Crippen LogP) is 6.29. The monoisotopic (exact) mass is 377 g/mol. The maximum absolute atomic E-state index is 12.3. The molecular formula is C26H19NO2. The summed E-state index contributed by atoms with van der Waals surface area (Å²) in [5.41, 5.74) is 6.53. The van der Waals surface area contributed by atoms with Gasteiger partial charge in [0.25, 0.3) is 0 Å². The molecule has 140 valence electrons. The third-order valence-electron chi connectivity index (χ3n) is 5.50. The van der Waals surface area contributed by atoms with Crippen molar-refractivity contribution >= 4 is 21.7 Å². The summed E-state index contributed by atoms with van der Waals surface area (Å²) < 4.78 is 5.59. The Kier molecular flexibility index (Phi) is 4.02. The van der Waals surface area contributed by atoms with Crippen molar-refractivity contribution in [2.24, 2.45) is 0 Å². The van der Waals surface area contributed by atoms with Crippen LogP contribution < -0.4 is 5.63 Å². The van der Waals surface area contributed by atoms with Gasteiger partial charge in [-0.1, -0.05) is 54.6 Å². The number of aryl methyl sites for hydroxylation is 2. The molecule has 0 saturated heterocycles. The first kappa shape index (κ1) is 17.4. The van der Waals surface area contributed by atoms with Gasteiger partial charge >= 0.3 is 5.63 Å². The van der Waals surface area contributed by atoms with E-state index in [1.54, 1.807) is 6.07 Å². The molecule has 5 aromatic rings. The molecule has 0 radical (unpaired) electrons. The highest BCUT2D eigenvalue weighted by Crippen LogP contribution is 2.39. The summed E-state index contributed by atoms with van der Waals surface area (Å²) in [4.78, 5) is 16.7. The summed E-state index contributed by atoms with van der Waals surface area (Å²) in [5.74, 6) is 0. The minimum Gasteiger partial charge on any atom is -0.423 e. The van der Waals surface area contributed by atoms with E-state index in [9.17, 15) is 4.79 Å². The van der Waals surface area contributed by atoms with Gasteiger partial charge in [-0.25, -0.2) is 4.79 Å². The molecule has 2 heterocycles. The van der Waals surface area contributed by atoms with E-state index in [1.165, 1.54) is 0 Å². The minimum absolute atomic E-state index is 0.338. The number of fused-ring (bicyclic) bond motifs is 2. The van der Waals surface area contributed by atoms with Crippen molar-refractivity contribution in [3.8, 4) is 22.3 Å². The second-order valence-corrected chi connectivity index (χ2v) is 7.32. The lowest BCUT2D eigenvalue weighted by Crippen LogP contribution is -2.01. The van der Waals surface area contributed by atoms with Gasteiger partial charge in [-0.3, -0.25) is 4.98 Å². The van der Waals surface area contributed by atoms with E-state index in [1.807, 2.05) is 60.9 Å². The first-order valence-electron chi connectivity index (χ1n) is 9.60. The number of benzene rings is 3. The molecule has 0 N–H and O–H groups in total. The molecule has 0 amide bonds. The number of hydrogen-bond donors (Lipinski definition) is 0. The van der Waals surface area contributed by atoms with E-state index in [0.29, 0.717) is 5.58 Å². The highest BCUT2D eigenvalue weighted by atomic mass is 16.4. The third-order valence-corrected chi connectivity index (χ3v) is 5.50. The zero-order valence-corrected chi connectivity index (χ0v) is 16.3. The van der Waals surface area contributed by atoms with E-state index in [4.69, 9.17) is 4.42 Å². The van der Waals surface area contributed by atoms with Gasteiger partial charge in [0.2, 0.25) is 0 Å². The Morgan fingerprint density at radius 1 is 0.828 bits per heavy atom. The van der Waals surface area contributed by atoms with E-state index < -0.39 is 0 Å². The minimum atomic E-state index is -0.338. The zero-order chi connectivity index (χ0) is 20.0. The number of rotatable bonds is 2.